The third-order valence-electron chi connectivity index (χ3n) is 5.84. The van der Waals surface area contributed by atoms with Gasteiger partial charge in [0.2, 0.25) is 5.91 Å². The number of rotatable bonds is 24. The Labute approximate surface area is 187 Å². The summed E-state index contributed by atoms with van der Waals surface area (Å²) < 4.78 is 5.08. The first-order chi connectivity index (χ1) is 14.7. The first kappa shape index (κ1) is 28.9. The van der Waals surface area contributed by atoms with E-state index in [0.717, 1.165) is 12.8 Å². The van der Waals surface area contributed by atoms with Gasteiger partial charge in [-0.25, -0.2) is 0 Å². The predicted molar refractivity (Wildman–Crippen MR) is 127 cm³/mol. The molecule has 0 fully saturated rings. The first-order valence-electron chi connectivity index (χ1n) is 13.1. The largest absolute Gasteiger partial charge is 0.466 e. The Morgan fingerprint density at radius 1 is 0.533 bits per heavy atom. The summed E-state index contributed by atoms with van der Waals surface area (Å²) in [7, 11) is 0. The molecule has 0 spiro atoms. The molecule has 0 radical (unpaired) electrons. The van der Waals surface area contributed by atoms with Crippen molar-refractivity contribution in [1.29, 1.82) is 0 Å². The lowest BCUT2D eigenvalue weighted by atomic mass is 10.0. The number of carbonyl (C=O) groups is 2. The van der Waals surface area contributed by atoms with Gasteiger partial charge in [0.15, 0.2) is 0 Å². The summed E-state index contributed by atoms with van der Waals surface area (Å²) >= 11 is 0. The van der Waals surface area contributed by atoms with Crippen LogP contribution in [0.15, 0.2) is 0 Å². The van der Waals surface area contributed by atoms with Crippen LogP contribution >= 0.6 is 0 Å². The van der Waals surface area contributed by atoms with Gasteiger partial charge in [0.05, 0.1) is 13.0 Å². The zero-order chi connectivity index (χ0) is 22.1. The minimum atomic E-state index is -0.453. The molecule has 0 bridgehead atoms. The van der Waals surface area contributed by atoms with Gasteiger partial charge in [-0.2, -0.15) is 0 Å². The van der Waals surface area contributed by atoms with Gasteiger partial charge in [-0.3, -0.25) is 9.59 Å². The fraction of sp³-hybridized carbons (Fsp3) is 0.923. The van der Waals surface area contributed by atoms with Gasteiger partial charge in [0.25, 0.3) is 0 Å². The second kappa shape index (κ2) is 24.2. The molecule has 2 N–H and O–H groups in total. The van der Waals surface area contributed by atoms with Crippen molar-refractivity contribution in [2.24, 2.45) is 5.73 Å². The summed E-state index contributed by atoms with van der Waals surface area (Å²) in [6, 6.07) is 0. The zero-order valence-electron chi connectivity index (χ0n) is 20.1. The molecule has 0 aliphatic rings. The van der Waals surface area contributed by atoms with Crippen LogP contribution < -0.4 is 5.73 Å². The summed E-state index contributed by atoms with van der Waals surface area (Å²) in [5, 5.41) is 0. The molecular weight excluding hydrogens is 374 g/mol. The summed E-state index contributed by atoms with van der Waals surface area (Å²) in [5.41, 5.74) is 5.00. The summed E-state index contributed by atoms with van der Waals surface area (Å²) in [6.07, 6.45) is 27.4. The van der Waals surface area contributed by atoms with E-state index in [-0.39, 0.29) is 18.8 Å². The second-order valence-corrected chi connectivity index (χ2v) is 8.90. The van der Waals surface area contributed by atoms with Crippen molar-refractivity contribution in [3.05, 3.63) is 0 Å². The molecule has 0 aromatic rings. The first-order valence-corrected chi connectivity index (χ1v) is 13.1. The van der Waals surface area contributed by atoms with Crippen LogP contribution in [-0.2, 0) is 14.3 Å². The highest BCUT2D eigenvalue weighted by molar-refractivity contribution is 5.79. The van der Waals surface area contributed by atoms with Crippen LogP contribution in [0.1, 0.15) is 148 Å². The highest BCUT2D eigenvalue weighted by atomic mass is 16.5. The molecule has 0 aliphatic heterocycles. The third-order valence-corrected chi connectivity index (χ3v) is 5.84. The van der Waals surface area contributed by atoms with E-state index >= 15 is 0 Å². The van der Waals surface area contributed by atoms with Crippen LogP contribution in [0.5, 0.6) is 0 Å². The quantitative estimate of drug-likeness (QED) is 0.128. The van der Waals surface area contributed by atoms with Crippen molar-refractivity contribution < 1.29 is 14.3 Å². The van der Waals surface area contributed by atoms with E-state index in [9.17, 15) is 9.59 Å². The highest BCUT2D eigenvalue weighted by Crippen LogP contribution is 2.14. The normalized spacial score (nSPS) is 11.0. The molecule has 0 aliphatic carbocycles. The SMILES string of the molecule is CCCCCCCCCCCCCCCCCCCCCCOC(=O)CCC(N)=O. The van der Waals surface area contributed by atoms with Gasteiger partial charge in [-0.15, -0.1) is 0 Å². The lowest BCUT2D eigenvalue weighted by Gasteiger charge is -2.05. The van der Waals surface area contributed by atoms with E-state index in [4.69, 9.17) is 10.5 Å². The van der Waals surface area contributed by atoms with Gasteiger partial charge >= 0.3 is 5.97 Å². The van der Waals surface area contributed by atoms with E-state index in [0.29, 0.717) is 6.61 Å². The van der Waals surface area contributed by atoms with Gasteiger partial charge in [-0.1, -0.05) is 129 Å². The van der Waals surface area contributed by atoms with Crippen molar-refractivity contribution in [3.63, 3.8) is 0 Å². The summed E-state index contributed by atoms with van der Waals surface area (Å²) in [5.74, 6) is -0.766. The summed E-state index contributed by atoms with van der Waals surface area (Å²) in [6.45, 7) is 2.75. The van der Waals surface area contributed by atoms with E-state index in [1.165, 1.54) is 116 Å². The minimum absolute atomic E-state index is 0.0814. The fourth-order valence-corrected chi connectivity index (χ4v) is 3.84. The Bertz CT molecular complexity index is 384. The van der Waals surface area contributed by atoms with Crippen LogP contribution in [0, 0.1) is 0 Å². The molecule has 0 saturated carbocycles. The number of hydrogen-bond acceptors (Lipinski definition) is 3. The number of unbranched alkanes of at least 4 members (excludes halogenated alkanes) is 19. The Morgan fingerprint density at radius 3 is 1.20 bits per heavy atom. The summed E-state index contributed by atoms with van der Waals surface area (Å²) in [4.78, 5) is 21.9. The Morgan fingerprint density at radius 2 is 0.867 bits per heavy atom. The number of ether oxygens (including phenoxy) is 1. The van der Waals surface area contributed by atoms with Crippen LogP contribution in [0.4, 0.5) is 0 Å². The molecule has 4 heteroatoms. The molecule has 4 nitrogen and oxygen atoms in total. The molecular formula is C26H51NO3. The third kappa shape index (κ3) is 25.0. The molecule has 0 aromatic heterocycles. The van der Waals surface area contributed by atoms with Crippen LogP contribution in [0.2, 0.25) is 0 Å². The Balaban J connectivity index is 3.08. The van der Waals surface area contributed by atoms with Crippen LogP contribution in [0.3, 0.4) is 0 Å². The maximum absolute atomic E-state index is 11.3. The maximum Gasteiger partial charge on any atom is 0.306 e. The van der Waals surface area contributed by atoms with Gasteiger partial charge in [-0.05, 0) is 6.42 Å². The van der Waals surface area contributed by atoms with Crippen LogP contribution in [0.25, 0.3) is 0 Å². The van der Waals surface area contributed by atoms with Gasteiger partial charge in [0, 0.05) is 6.42 Å². The van der Waals surface area contributed by atoms with E-state index in [1.54, 1.807) is 0 Å². The Kier molecular flexibility index (Phi) is 23.4. The lowest BCUT2D eigenvalue weighted by molar-refractivity contribution is -0.144. The average Bonchev–Trinajstić information content (AvgIpc) is 2.73. The number of carbonyl (C=O) groups excluding carboxylic acids is 2. The van der Waals surface area contributed by atoms with Crippen LogP contribution in [-0.4, -0.2) is 18.5 Å². The standard InChI is InChI=1S/C26H51NO3/c1-2-3-4-5-6-7-8-9-10-11-12-13-14-15-16-17-18-19-20-21-24-30-26(29)23-22-25(27)28/h2-24H2,1H3,(H2,27,28). The van der Waals surface area contributed by atoms with E-state index in [2.05, 4.69) is 6.92 Å². The minimum Gasteiger partial charge on any atom is -0.466 e. The Hall–Kier alpha value is -1.06. The average molecular weight is 426 g/mol. The number of primary amides is 1. The van der Waals surface area contributed by atoms with Crippen molar-refractivity contribution in [1.82, 2.24) is 0 Å². The lowest BCUT2D eigenvalue weighted by Crippen LogP contribution is -2.14. The zero-order valence-corrected chi connectivity index (χ0v) is 20.1. The van der Waals surface area contributed by atoms with Crippen molar-refractivity contribution in [2.75, 3.05) is 6.61 Å². The molecule has 0 rings (SSSR count). The van der Waals surface area contributed by atoms with Gasteiger partial charge < -0.3 is 10.5 Å². The number of esters is 1. The number of amides is 1. The van der Waals surface area contributed by atoms with E-state index < -0.39 is 5.91 Å². The van der Waals surface area contributed by atoms with E-state index in [1.807, 2.05) is 0 Å². The molecule has 0 aromatic carbocycles. The molecule has 0 atom stereocenters. The van der Waals surface area contributed by atoms with Gasteiger partial charge in [0.1, 0.15) is 0 Å². The number of nitrogens with two attached hydrogens (primary N) is 1. The fourth-order valence-electron chi connectivity index (χ4n) is 3.84. The molecule has 178 valence electrons. The topological polar surface area (TPSA) is 69.4 Å². The highest BCUT2D eigenvalue weighted by Gasteiger charge is 2.04. The van der Waals surface area contributed by atoms with Crippen molar-refractivity contribution in [3.8, 4) is 0 Å². The number of hydrogen-bond donors (Lipinski definition) is 1. The van der Waals surface area contributed by atoms with Crippen molar-refractivity contribution in [2.45, 2.75) is 148 Å². The maximum atomic E-state index is 11.3. The van der Waals surface area contributed by atoms with Crippen molar-refractivity contribution >= 4 is 11.9 Å². The molecule has 0 saturated heterocycles. The predicted octanol–water partition coefficient (Wildman–Crippen LogP) is 7.62. The smallest absolute Gasteiger partial charge is 0.306 e. The second-order valence-electron chi connectivity index (χ2n) is 8.90. The molecule has 0 unspecified atom stereocenters. The monoisotopic (exact) mass is 425 g/mol. The molecule has 1 amide bonds. The molecule has 30 heavy (non-hydrogen) atoms. The molecule has 0 heterocycles.